The van der Waals surface area contributed by atoms with E-state index in [1.807, 2.05) is 4.90 Å². The SMILES string of the molecule is O=C(O)C1CN(Cc2ccc(OCc3cc(C(F)(F)F)cc(C(F)(F)F)c3)cc2)C1. The smallest absolute Gasteiger partial charge is 0.416 e. The Morgan fingerprint density at radius 1 is 0.933 bits per heavy atom. The minimum absolute atomic E-state index is 0.0724. The van der Waals surface area contributed by atoms with Crippen LogP contribution in [0.1, 0.15) is 22.3 Å². The molecule has 162 valence electrons. The summed E-state index contributed by atoms with van der Waals surface area (Å²) < 4.78 is 82.8. The lowest BCUT2D eigenvalue weighted by molar-refractivity contribution is -0.148. The molecule has 0 bridgehead atoms. The van der Waals surface area contributed by atoms with Gasteiger partial charge in [0.15, 0.2) is 0 Å². The maximum Gasteiger partial charge on any atom is 0.416 e. The van der Waals surface area contributed by atoms with E-state index in [2.05, 4.69) is 0 Å². The van der Waals surface area contributed by atoms with Crippen LogP contribution in [-0.4, -0.2) is 29.1 Å². The molecule has 0 aromatic heterocycles. The van der Waals surface area contributed by atoms with Gasteiger partial charge in [-0.15, -0.1) is 0 Å². The molecule has 0 aliphatic carbocycles. The van der Waals surface area contributed by atoms with Crippen molar-refractivity contribution in [3.8, 4) is 5.75 Å². The van der Waals surface area contributed by atoms with Crippen LogP contribution in [0.5, 0.6) is 5.75 Å². The van der Waals surface area contributed by atoms with Crippen LogP contribution in [0.15, 0.2) is 42.5 Å². The molecule has 4 nitrogen and oxygen atoms in total. The molecule has 1 fully saturated rings. The summed E-state index contributed by atoms with van der Waals surface area (Å²) in [6, 6.07) is 7.86. The number of halogens is 6. The second-order valence-electron chi connectivity index (χ2n) is 7.08. The van der Waals surface area contributed by atoms with Gasteiger partial charge in [-0.1, -0.05) is 12.1 Å². The molecule has 3 rings (SSSR count). The van der Waals surface area contributed by atoms with E-state index in [0.29, 0.717) is 31.8 Å². The van der Waals surface area contributed by atoms with Crippen LogP contribution < -0.4 is 4.74 Å². The van der Waals surface area contributed by atoms with Crippen LogP contribution >= 0.6 is 0 Å². The van der Waals surface area contributed by atoms with E-state index >= 15 is 0 Å². The number of alkyl halides is 6. The van der Waals surface area contributed by atoms with Gasteiger partial charge in [0.05, 0.1) is 17.0 Å². The van der Waals surface area contributed by atoms with E-state index in [1.165, 1.54) is 0 Å². The monoisotopic (exact) mass is 433 g/mol. The molecular formula is C20H17F6NO3. The van der Waals surface area contributed by atoms with Crippen molar-refractivity contribution in [2.45, 2.75) is 25.5 Å². The maximum absolute atomic E-state index is 12.9. The summed E-state index contributed by atoms with van der Waals surface area (Å²) in [7, 11) is 0. The molecule has 0 amide bonds. The van der Waals surface area contributed by atoms with E-state index in [4.69, 9.17) is 9.84 Å². The molecule has 0 unspecified atom stereocenters. The summed E-state index contributed by atoms with van der Waals surface area (Å²) in [5, 5.41) is 8.86. The molecule has 0 atom stereocenters. The zero-order chi connectivity index (χ0) is 22.1. The minimum Gasteiger partial charge on any atom is -0.489 e. The molecule has 0 saturated carbocycles. The number of hydrogen-bond acceptors (Lipinski definition) is 3. The van der Waals surface area contributed by atoms with Gasteiger partial charge in [0.2, 0.25) is 0 Å². The largest absolute Gasteiger partial charge is 0.489 e. The standard InChI is InChI=1S/C20H17F6NO3/c21-19(22,23)15-5-13(6-16(7-15)20(24,25)26)11-30-17-3-1-12(2-4-17)8-27-9-14(10-27)18(28)29/h1-7,14H,8-11H2,(H,28,29). The molecule has 2 aromatic carbocycles. The second kappa shape index (κ2) is 8.17. The second-order valence-corrected chi connectivity index (χ2v) is 7.08. The first kappa shape index (κ1) is 21.9. The number of ether oxygens (including phenoxy) is 1. The van der Waals surface area contributed by atoms with E-state index in [0.717, 1.165) is 5.56 Å². The van der Waals surface area contributed by atoms with Crippen molar-refractivity contribution in [1.82, 2.24) is 4.90 Å². The lowest BCUT2D eigenvalue weighted by atomic mass is 10.00. The first-order chi connectivity index (χ1) is 13.9. The first-order valence-corrected chi connectivity index (χ1v) is 8.87. The Morgan fingerprint density at radius 3 is 1.93 bits per heavy atom. The van der Waals surface area contributed by atoms with Crippen LogP contribution in [0, 0.1) is 5.92 Å². The number of rotatable bonds is 6. The fourth-order valence-corrected chi connectivity index (χ4v) is 3.07. The summed E-state index contributed by atoms with van der Waals surface area (Å²) in [5.41, 5.74) is -2.15. The van der Waals surface area contributed by atoms with Crippen LogP contribution in [0.4, 0.5) is 26.3 Å². The molecule has 2 aromatic rings. The third-order valence-electron chi connectivity index (χ3n) is 4.69. The fraction of sp³-hybridized carbons (Fsp3) is 0.350. The van der Waals surface area contributed by atoms with Gasteiger partial charge in [0.25, 0.3) is 0 Å². The number of hydrogen-bond donors (Lipinski definition) is 1. The highest BCUT2D eigenvalue weighted by molar-refractivity contribution is 5.71. The van der Waals surface area contributed by atoms with Gasteiger partial charge in [0, 0.05) is 19.6 Å². The van der Waals surface area contributed by atoms with Crippen LogP contribution in [-0.2, 0) is 30.3 Å². The molecule has 1 N–H and O–H groups in total. The summed E-state index contributed by atoms with van der Waals surface area (Å²) in [6.45, 7) is 0.973. The zero-order valence-electron chi connectivity index (χ0n) is 15.4. The van der Waals surface area contributed by atoms with Gasteiger partial charge < -0.3 is 9.84 Å². The summed E-state index contributed by atoms with van der Waals surface area (Å²) in [6.07, 6.45) is -9.82. The molecule has 10 heteroatoms. The molecule has 1 saturated heterocycles. The Balaban J connectivity index is 1.63. The van der Waals surface area contributed by atoms with Crippen LogP contribution in [0.25, 0.3) is 0 Å². The van der Waals surface area contributed by atoms with Crippen molar-refractivity contribution in [2.24, 2.45) is 5.92 Å². The lowest BCUT2D eigenvalue weighted by Gasteiger charge is -2.36. The van der Waals surface area contributed by atoms with Gasteiger partial charge in [-0.3, -0.25) is 9.69 Å². The van der Waals surface area contributed by atoms with Crippen molar-refractivity contribution < 1.29 is 41.0 Å². The molecule has 0 spiro atoms. The van der Waals surface area contributed by atoms with Crippen molar-refractivity contribution in [2.75, 3.05) is 13.1 Å². The number of aliphatic carboxylic acids is 1. The molecule has 1 aliphatic rings. The topological polar surface area (TPSA) is 49.8 Å². The third kappa shape index (κ3) is 5.44. The number of carboxylic acids is 1. The first-order valence-electron chi connectivity index (χ1n) is 8.87. The molecule has 30 heavy (non-hydrogen) atoms. The molecular weight excluding hydrogens is 416 g/mol. The highest BCUT2D eigenvalue weighted by Gasteiger charge is 2.37. The van der Waals surface area contributed by atoms with E-state index in [-0.39, 0.29) is 23.3 Å². The van der Waals surface area contributed by atoms with E-state index < -0.39 is 36.1 Å². The lowest BCUT2D eigenvalue weighted by Crippen LogP contribution is -2.49. The predicted molar refractivity (Wildman–Crippen MR) is 93.6 cm³/mol. The van der Waals surface area contributed by atoms with Gasteiger partial charge in [-0.25, -0.2) is 0 Å². The highest BCUT2D eigenvalue weighted by atomic mass is 19.4. The average molecular weight is 433 g/mol. The Hall–Kier alpha value is -2.75. The number of carboxylic acid groups (broad SMARTS) is 1. The van der Waals surface area contributed by atoms with Crippen LogP contribution in [0.3, 0.4) is 0 Å². The average Bonchev–Trinajstić information content (AvgIpc) is 2.61. The Bertz CT molecular complexity index is 870. The summed E-state index contributed by atoms with van der Waals surface area (Å²) in [4.78, 5) is 12.7. The van der Waals surface area contributed by atoms with Crippen molar-refractivity contribution >= 4 is 5.97 Å². The maximum atomic E-state index is 12.9. The van der Waals surface area contributed by atoms with Crippen molar-refractivity contribution in [3.05, 3.63) is 64.7 Å². The summed E-state index contributed by atoms with van der Waals surface area (Å²) >= 11 is 0. The van der Waals surface area contributed by atoms with Crippen LogP contribution in [0.2, 0.25) is 0 Å². The van der Waals surface area contributed by atoms with Gasteiger partial charge in [-0.2, -0.15) is 26.3 Å². The minimum atomic E-state index is -4.91. The zero-order valence-corrected chi connectivity index (χ0v) is 15.4. The Morgan fingerprint density at radius 2 is 1.47 bits per heavy atom. The van der Waals surface area contributed by atoms with E-state index in [9.17, 15) is 31.1 Å². The fourth-order valence-electron chi connectivity index (χ4n) is 3.07. The molecule has 1 heterocycles. The third-order valence-corrected chi connectivity index (χ3v) is 4.69. The van der Waals surface area contributed by atoms with Crippen molar-refractivity contribution in [3.63, 3.8) is 0 Å². The quantitative estimate of drug-likeness (QED) is 0.664. The summed E-state index contributed by atoms with van der Waals surface area (Å²) in [5.74, 6) is -0.920. The van der Waals surface area contributed by atoms with Gasteiger partial charge in [-0.05, 0) is 41.5 Å². The molecule has 1 aliphatic heterocycles. The number of carbonyl (C=O) groups is 1. The number of nitrogens with zero attached hydrogens (tertiary/aromatic N) is 1. The number of likely N-dealkylation sites (tertiary alicyclic amines) is 1. The Labute approximate surface area is 167 Å². The van der Waals surface area contributed by atoms with Gasteiger partial charge in [0.1, 0.15) is 12.4 Å². The number of benzene rings is 2. The highest BCUT2D eigenvalue weighted by Crippen LogP contribution is 2.36. The van der Waals surface area contributed by atoms with Gasteiger partial charge >= 0.3 is 18.3 Å². The van der Waals surface area contributed by atoms with E-state index in [1.54, 1.807) is 24.3 Å². The predicted octanol–water partition coefficient (Wildman–Crippen LogP) is 4.82. The molecule has 0 radical (unpaired) electrons. The van der Waals surface area contributed by atoms with Crippen molar-refractivity contribution in [1.29, 1.82) is 0 Å². The Kier molecular flexibility index (Phi) is 5.98. The normalized spacial score (nSPS) is 15.7.